The number of hydrogen-bond acceptors (Lipinski definition) is 2. The smallest absolute Gasteiger partial charge is 0.261 e. The molecule has 0 heterocycles. The van der Waals surface area contributed by atoms with Crippen LogP contribution in [0.3, 0.4) is 0 Å². The number of anilines is 1. The molecule has 0 unspecified atom stereocenters. The van der Waals surface area contributed by atoms with E-state index in [1.54, 1.807) is 24.3 Å². The van der Waals surface area contributed by atoms with Gasteiger partial charge in [0.2, 0.25) is 0 Å². The van der Waals surface area contributed by atoms with Crippen LogP contribution in [0, 0.1) is 6.92 Å². The summed E-state index contributed by atoms with van der Waals surface area (Å²) in [7, 11) is -3.58. The Kier molecular flexibility index (Phi) is 4.15. The van der Waals surface area contributed by atoms with Gasteiger partial charge >= 0.3 is 0 Å². The van der Waals surface area contributed by atoms with Crippen molar-refractivity contribution in [3.05, 3.63) is 58.1 Å². The average molecular weight is 336 g/mol. The van der Waals surface area contributed by atoms with E-state index in [-0.39, 0.29) is 0 Å². The first-order chi connectivity index (χ1) is 10.5. The number of nitrogens with one attached hydrogen (secondary N) is 1. The van der Waals surface area contributed by atoms with Crippen molar-refractivity contribution in [2.45, 2.75) is 37.5 Å². The van der Waals surface area contributed by atoms with Gasteiger partial charge < -0.3 is 0 Å². The van der Waals surface area contributed by atoms with E-state index >= 15 is 0 Å². The maximum Gasteiger partial charge on any atom is 0.261 e. The fourth-order valence-electron chi connectivity index (χ4n) is 2.82. The quantitative estimate of drug-likeness (QED) is 0.907. The Labute approximate surface area is 136 Å². The number of aryl methyl sites for hydroxylation is 3. The molecule has 1 N–H and O–H groups in total. The zero-order valence-corrected chi connectivity index (χ0v) is 14.0. The summed E-state index contributed by atoms with van der Waals surface area (Å²) in [6.45, 7) is 1.83. The number of fused-ring (bicyclic) bond motifs is 1. The maximum atomic E-state index is 12.6. The summed E-state index contributed by atoms with van der Waals surface area (Å²) in [6, 6.07) is 10.6. The third-order valence-electron chi connectivity index (χ3n) is 4.06. The number of sulfonamides is 1. The second-order valence-electron chi connectivity index (χ2n) is 5.70. The van der Waals surface area contributed by atoms with E-state index in [4.69, 9.17) is 11.6 Å². The summed E-state index contributed by atoms with van der Waals surface area (Å²) >= 11 is 5.91. The Morgan fingerprint density at radius 3 is 2.45 bits per heavy atom. The minimum Gasteiger partial charge on any atom is -0.279 e. The largest absolute Gasteiger partial charge is 0.279 e. The highest BCUT2D eigenvalue weighted by Crippen LogP contribution is 2.26. The van der Waals surface area contributed by atoms with Gasteiger partial charge in [0, 0.05) is 5.02 Å². The van der Waals surface area contributed by atoms with Gasteiger partial charge in [0.25, 0.3) is 10.0 Å². The molecule has 2 aromatic rings. The number of hydrogen-bond donors (Lipinski definition) is 1. The molecular weight excluding hydrogens is 318 g/mol. The van der Waals surface area contributed by atoms with Crippen LogP contribution in [-0.2, 0) is 22.9 Å². The van der Waals surface area contributed by atoms with Crippen LogP contribution in [0.2, 0.25) is 5.02 Å². The van der Waals surface area contributed by atoms with Crippen LogP contribution in [0.25, 0.3) is 0 Å². The Morgan fingerprint density at radius 2 is 1.73 bits per heavy atom. The molecule has 0 atom stereocenters. The predicted molar refractivity (Wildman–Crippen MR) is 90.1 cm³/mol. The predicted octanol–water partition coefficient (Wildman–Crippen LogP) is 4.33. The topological polar surface area (TPSA) is 46.2 Å². The minimum absolute atomic E-state index is 0.322. The van der Waals surface area contributed by atoms with Gasteiger partial charge in [-0.15, -0.1) is 0 Å². The molecule has 0 aromatic heterocycles. The molecule has 1 aliphatic rings. The van der Waals surface area contributed by atoms with Gasteiger partial charge in [-0.2, -0.15) is 0 Å². The van der Waals surface area contributed by atoms with Gasteiger partial charge in [-0.05, 0) is 79.6 Å². The zero-order valence-electron chi connectivity index (χ0n) is 12.4. The average Bonchev–Trinajstić information content (AvgIpc) is 2.49. The summed E-state index contributed by atoms with van der Waals surface area (Å²) < 4.78 is 27.8. The molecule has 0 amide bonds. The highest BCUT2D eigenvalue weighted by molar-refractivity contribution is 7.92. The monoisotopic (exact) mass is 335 g/mol. The highest BCUT2D eigenvalue weighted by Gasteiger charge is 2.18. The van der Waals surface area contributed by atoms with Crippen LogP contribution in [0.5, 0.6) is 0 Å². The van der Waals surface area contributed by atoms with Gasteiger partial charge in [-0.25, -0.2) is 8.42 Å². The van der Waals surface area contributed by atoms with E-state index in [0.717, 1.165) is 30.4 Å². The van der Waals surface area contributed by atoms with Gasteiger partial charge in [-0.3, -0.25) is 4.72 Å². The van der Waals surface area contributed by atoms with Crippen molar-refractivity contribution in [1.29, 1.82) is 0 Å². The Morgan fingerprint density at radius 1 is 1.00 bits per heavy atom. The Bertz CT molecular complexity index is 815. The van der Waals surface area contributed by atoms with Crippen molar-refractivity contribution in [2.24, 2.45) is 0 Å². The first-order valence-corrected chi connectivity index (χ1v) is 9.22. The molecule has 116 valence electrons. The lowest BCUT2D eigenvalue weighted by Gasteiger charge is -2.17. The summed E-state index contributed by atoms with van der Waals surface area (Å²) in [5.41, 5.74) is 3.78. The molecule has 5 heteroatoms. The lowest BCUT2D eigenvalue weighted by Crippen LogP contribution is -2.15. The van der Waals surface area contributed by atoms with E-state index in [1.165, 1.54) is 12.0 Å². The number of benzene rings is 2. The van der Waals surface area contributed by atoms with E-state index in [0.29, 0.717) is 15.6 Å². The van der Waals surface area contributed by atoms with E-state index in [1.807, 2.05) is 19.1 Å². The normalized spacial score (nSPS) is 14.5. The van der Waals surface area contributed by atoms with Crippen molar-refractivity contribution < 1.29 is 8.42 Å². The highest BCUT2D eigenvalue weighted by atomic mass is 35.5. The molecule has 0 saturated heterocycles. The van der Waals surface area contributed by atoms with Crippen LogP contribution in [0.1, 0.15) is 29.5 Å². The molecule has 0 fully saturated rings. The SMILES string of the molecule is Cc1cc(Cl)ccc1NS(=O)(=O)c1ccc2c(c1)CCCC2. The summed E-state index contributed by atoms with van der Waals surface area (Å²) in [4.78, 5) is 0.322. The standard InChI is InChI=1S/C17H18ClNO2S/c1-12-10-15(18)7-9-17(12)19-22(20,21)16-8-6-13-4-2-3-5-14(13)11-16/h6-11,19H,2-5H2,1H3. The number of halogens is 1. The van der Waals surface area contributed by atoms with Gasteiger partial charge in [0.15, 0.2) is 0 Å². The lowest BCUT2D eigenvalue weighted by molar-refractivity contribution is 0.600. The van der Waals surface area contributed by atoms with Gasteiger partial charge in [0.1, 0.15) is 0 Å². The van der Waals surface area contributed by atoms with E-state index in [2.05, 4.69) is 4.72 Å². The molecule has 2 aromatic carbocycles. The first-order valence-electron chi connectivity index (χ1n) is 7.36. The molecule has 3 nitrogen and oxygen atoms in total. The summed E-state index contributed by atoms with van der Waals surface area (Å²) in [6.07, 6.45) is 4.31. The zero-order chi connectivity index (χ0) is 15.7. The lowest BCUT2D eigenvalue weighted by atomic mass is 9.92. The van der Waals surface area contributed by atoms with Crippen LogP contribution >= 0.6 is 11.6 Å². The summed E-state index contributed by atoms with van der Waals surface area (Å²) in [5.74, 6) is 0. The third kappa shape index (κ3) is 3.13. The van der Waals surface area contributed by atoms with Gasteiger partial charge in [0.05, 0.1) is 10.6 Å². The van der Waals surface area contributed by atoms with Crippen molar-refractivity contribution in [3.8, 4) is 0 Å². The van der Waals surface area contributed by atoms with Crippen LogP contribution in [0.15, 0.2) is 41.3 Å². The molecule has 22 heavy (non-hydrogen) atoms. The van der Waals surface area contributed by atoms with Crippen LogP contribution in [0.4, 0.5) is 5.69 Å². The van der Waals surface area contributed by atoms with Crippen molar-refractivity contribution in [1.82, 2.24) is 0 Å². The molecule has 3 rings (SSSR count). The summed E-state index contributed by atoms with van der Waals surface area (Å²) in [5, 5.41) is 0.592. The number of rotatable bonds is 3. The van der Waals surface area contributed by atoms with Crippen molar-refractivity contribution in [3.63, 3.8) is 0 Å². The first kappa shape index (κ1) is 15.4. The maximum absolute atomic E-state index is 12.6. The van der Waals surface area contributed by atoms with Crippen molar-refractivity contribution >= 4 is 27.3 Å². The minimum atomic E-state index is -3.58. The van der Waals surface area contributed by atoms with E-state index in [9.17, 15) is 8.42 Å². The third-order valence-corrected chi connectivity index (χ3v) is 5.66. The van der Waals surface area contributed by atoms with Crippen LogP contribution in [-0.4, -0.2) is 8.42 Å². The molecule has 0 bridgehead atoms. The second kappa shape index (κ2) is 5.94. The fraction of sp³-hybridized carbons (Fsp3) is 0.294. The molecule has 1 aliphatic carbocycles. The molecular formula is C17H18ClNO2S. The van der Waals surface area contributed by atoms with Crippen molar-refractivity contribution in [2.75, 3.05) is 4.72 Å². The molecule has 0 saturated carbocycles. The molecule has 0 spiro atoms. The Hall–Kier alpha value is -1.52. The van der Waals surface area contributed by atoms with E-state index < -0.39 is 10.0 Å². The molecule has 0 aliphatic heterocycles. The van der Waals surface area contributed by atoms with Gasteiger partial charge in [-0.1, -0.05) is 17.7 Å². The molecule has 0 radical (unpaired) electrons. The van der Waals surface area contributed by atoms with Crippen LogP contribution < -0.4 is 4.72 Å². The fourth-order valence-corrected chi connectivity index (χ4v) is 4.23. The second-order valence-corrected chi connectivity index (χ2v) is 7.82. The Balaban J connectivity index is 1.92.